The zero-order valence-electron chi connectivity index (χ0n) is 7.57. The summed E-state index contributed by atoms with van der Waals surface area (Å²) in [6.45, 7) is 2.59. The van der Waals surface area contributed by atoms with Crippen LogP contribution in [0.1, 0.15) is 18.4 Å². The zero-order valence-corrected chi connectivity index (χ0v) is 7.57. The smallest absolute Gasteiger partial charge is 0.154 e. The fourth-order valence-electron chi connectivity index (χ4n) is 1.53. The summed E-state index contributed by atoms with van der Waals surface area (Å²) < 4.78 is 5.19. The standard InChI is InChI=1S/C11H12O2/c1-9(11(7-12)8-13-11)10-5-3-2-4-6-10/h2-7,9H,8H2,1H3. The predicted octanol–water partition coefficient (Wildman–Crippen LogP) is 1.76. The third kappa shape index (κ3) is 1.38. The van der Waals surface area contributed by atoms with Crippen LogP contribution < -0.4 is 0 Å². The molecule has 0 aliphatic carbocycles. The van der Waals surface area contributed by atoms with E-state index in [1.54, 1.807) is 0 Å². The Labute approximate surface area is 77.5 Å². The topological polar surface area (TPSA) is 29.6 Å². The van der Waals surface area contributed by atoms with Crippen LogP contribution in [-0.2, 0) is 9.53 Å². The molecule has 2 atom stereocenters. The molecule has 0 aromatic heterocycles. The van der Waals surface area contributed by atoms with Gasteiger partial charge in [0.05, 0.1) is 6.61 Å². The van der Waals surface area contributed by atoms with Crippen LogP contribution in [0.15, 0.2) is 30.3 Å². The van der Waals surface area contributed by atoms with E-state index >= 15 is 0 Å². The number of hydrogen-bond donors (Lipinski definition) is 0. The first-order chi connectivity index (χ1) is 6.28. The van der Waals surface area contributed by atoms with Gasteiger partial charge in [0.2, 0.25) is 0 Å². The van der Waals surface area contributed by atoms with Gasteiger partial charge in [0.25, 0.3) is 0 Å². The SMILES string of the molecule is CC(c1ccccc1)C1(C=O)CO1. The summed E-state index contributed by atoms with van der Waals surface area (Å²) in [5, 5.41) is 0. The van der Waals surface area contributed by atoms with Gasteiger partial charge in [0.1, 0.15) is 0 Å². The Bertz CT molecular complexity index is 301. The molecule has 0 amide bonds. The molecule has 2 rings (SSSR count). The molecule has 2 heteroatoms. The normalized spacial score (nSPS) is 28.1. The molecule has 0 saturated carbocycles. The summed E-state index contributed by atoms with van der Waals surface area (Å²) >= 11 is 0. The van der Waals surface area contributed by atoms with Gasteiger partial charge in [-0.15, -0.1) is 0 Å². The number of benzene rings is 1. The largest absolute Gasteiger partial charge is 0.361 e. The fourth-order valence-corrected chi connectivity index (χ4v) is 1.53. The lowest BCUT2D eigenvalue weighted by Crippen LogP contribution is -2.21. The summed E-state index contributed by atoms with van der Waals surface area (Å²) in [4.78, 5) is 10.8. The Morgan fingerprint density at radius 3 is 2.54 bits per heavy atom. The third-order valence-corrected chi connectivity index (χ3v) is 2.71. The van der Waals surface area contributed by atoms with Crippen molar-refractivity contribution < 1.29 is 9.53 Å². The Hall–Kier alpha value is -1.15. The molecular formula is C11H12O2. The maximum absolute atomic E-state index is 10.8. The second-order valence-electron chi connectivity index (χ2n) is 3.49. The number of rotatable bonds is 3. The highest BCUT2D eigenvalue weighted by Crippen LogP contribution is 2.39. The molecule has 1 saturated heterocycles. The molecule has 2 unspecified atom stereocenters. The molecule has 0 spiro atoms. The first-order valence-electron chi connectivity index (χ1n) is 4.44. The highest BCUT2D eigenvalue weighted by molar-refractivity contribution is 5.68. The molecule has 1 aliphatic heterocycles. The summed E-state index contributed by atoms with van der Waals surface area (Å²) in [5.74, 6) is 0.159. The van der Waals surface area contributed by atoms with Crippen LogP contribution in [0, 0.1) is 0 Å². The number of carbonyl (C=O) groups excluding carboxylic acids is 1. The van der Waals surface area contributed by atoms with Gasteiger partial charge < -0.3 is 9.53 Å². The molecule has 1 aliphatic rings. The van der Waals surface area contributed by atoms with Gasteiger partial charge in [0.15, 0.2) is 11.9 Å². The minimum absolute atomic E-state index is 0.159. The lowest BCUT2D eigenvalue weighted by molar-refractivity contribution is -0.112. The van der Waals surface area contributed by atoms with Crippen LogP contribution in [0.2, 0.25) is 0 Å². The Balaban J connectivity index is 2.23. The quantitative estimate of drug-likeness (QED) is 0.518. The molecule has 0 bridgehead atoms. The number of carbonyl (C=O) groups is 1. The molecule has 1 heterocycles. The van der Waals surface area contributed by atoms with Crippen LogP contribution in [0.5, 0.6) is 0 Å². The van der Waals surface area contributed by atoms with Gasteiger partial charge in [-0.2, -0.15) is 0 Å². The Kier molecular flexibility index (Phi) is 1.93. The van der Waals surface area contributed by atoms with Gasteiger partial charge in [-0.1, -0.05) is 37.3 Å². The van der Waals surface area contributed by atoms with Crippen LogP contribution in [0.4, 0.5) is 0 Å². The molecule has 68 valence electrons. The minimum Gasteiger partial charge on any atom is -0.361 e. The van der Waals surface area contributed by atoms with E-state index < -0.39 is 5.60 Å². The van der Waals surface area contributed by atoms with Crippen molar-refractivity contribution in [3.8, 4) is 0 Å². The van der Waals surface area contributed by atoms with E-state index in [1.807, 2.05) is 37.3 Å². The Morgan fingerprint density at radius 2 is 2.08 bits per heavy atom. The van der Waals surface area contributed by atoms with Gasteiger partial charge in [-0.05, 0) is 5.56 Å². The lowest BCUT2D eigenvalue weighted by Gasteiger charge is -2.14. The highest BCUT2D eigenvalue weighted by Gasteiger charge is 2.50. The van der Waals surface area contributed by atoms with Crippen molar-refractivity contribution in [3.63, 3.8) is 0 Å². The third-order valence-electron chi connectivity index (χ3n) is 2.71. The summed E-state index contributed by atoms with van der Waals surface area (Å²) in [5.41, 5.74) is 0.633. The number of ether oxygens (including phenoxy) is 1. The summed E-state index contributed by atoms with van der Waals surface area (Å²) in [6.07, 6.45) is 0.921. The van der Waals surface area contributed by atoms with Crippen molar-refractivity contribution >= 4 is 6.29 Å². The monoisotopic (exact) mass is 176 g/mol. The summed E-state index contributed by atoms with van der Waals surface area (Å²) in [6, 6.07) is 9.98. The van der Waals surface area contributed by atoms with Gasteiger partial charge >= 0.3 is 0 Å². The van der Waals surface area contributed by atoms with Crippen LogP contribution in [0.25, 0.3) is 0 Å². The molecule has 2 nitrogen and oxygen atoms in total. The first-order valence-corrected chi connectivity index (χ1v) is 4.44. The summed E-state index contributed by atoms with van der Waals surface area (Å²) in [7, 11) is 0. The maximum Gasteiger partial charge on any atom is 0.154 e. The van der Waals surface area contributed by atoms with Crippen molar-refractivity contribution in [2.24, 2.45) is 0 Å². The second-order valence-corrected chi connectivity index (χ2v) is 3.49. The first kappa shape index (κ1) is 8.45. The van der Waals surface area contributed by atoms with Crippen molar-refractivity contribution in [2.75, 3.05) is 6.61 Å². The fraction of sp³-hybridized carbons (Fsp3) is 0.364. The average Bonchev–Trinajstić information content (AvgIpc) is 2.99. The van der Waals surface area contributed by atoms with E-state index in [9.17, 15) is 4.79 Å². The van der Waals surface area contributed by atoms with Crippen LogP contribution in [-0.4, -0.2) is 18.5 Å². The van der Waals surface area contributed by atoms with Crippen LogP contribution in [0.3, 0.4) is 0 Å². The minimum atomic E-state index is -0.526. The van der Waals surface area contributed by atoms with Crippen molar-refractivity contribution in [1.82, 2.24) is 0 Å². The molecule has 0 N–H and O–H groups in total. The van der Waals surface area contributed by atoms with E-state index in [-0.39, 0.29) is 5.92 Å². The molecule has 1 aromatic rings. The average molecular weight is 176 g/mol. The maximum atomic E-state index is 10.8. The van der Waals surface area contributed by atoms with E-state index in [0.29, 0.717) is 6.61 Å². The number of hydrogen-bond acceptors (Lipinski definition) is 2. The highest BCUT2D eigenvalue weighted by atomic mass is 16.6. The van der Waals surface area contributed by atoms with Gasteiger partial charge in [-0.25, -0.2) is 0 Å². The van der Waals surface area contributed by atoms with Crippen LogP contribution >= 0.6 is 0 Å². The lowest BCUT2D eigenvalue weighted by atomic mass is 9.89. The van der Waals surface area contributed by atoms with Crippen molar-refractivity contribution in [1.29, 1.82) is 0 Å². The van der Waals surface area contributed by atoms with E-state index in [0.717, 1.165) is 11.8 Å². The Morgan fingerprint density at radius 1 is 1.46 bits per heavy atom. The number of epoxide rings is 1. The van der Waals surface area contributed by atoms with E-state index in [4.69, 9.17) is 4.74 Å². The molecular weight excluding hydrogens is 164 g/mol. The van der Waals surface area contributed by atoms with E-state index in [2.05, 4.69) is 0 Å². The van der Waals surface area contributed by atoms with Crippen molar-refractivity contribution in [3.05, 3.63) is 35.9 Å². The molecule has 1 fully saturated rings. The van der Waals surface area contributed by atoms with Gasteiger partial charge in [-0.3, -0.25) is 0 Å². The van der Waals surface area contributed by atoms with E-state index in [1.165, 1.54) is 0 Å². The van der Waals surface area contributed by atoms with Crippen molar-refractivity contribution in [2.45, 2.75) is 18.4 Å². The predicted molar refractivity (Wildman–Crippen MR) is 49.6 cm³/mol. The molecule has 13 heavy (non-hydrogen) atoms. The number of aldehydes is 1. The zero-order chi connectivity index (χ0) is 9.31. The second kappa shape index (κ2) is 2.96. The molecule has 1 aromatic carbocycles. The molecule has 0 radical (unpaired) electrons. The van der Waals surface area contributed by atoms with Gasteiger partial charge in [0, 0.05) is 5.92 Å².